The van der Waals surface area contributed by atoms with Crippen molar-refractivity contribution in [1.82, 2.24) is 19.7 Å². The number of nitrogens with zero attached hydrogens (tertiary/aromatic N) is 4. The van der Waals surface area contributed by atoms with Crippen molar-refractivity contribution in [2.45, 2.75) is 6.54 Å². The van der Waals surface area contributed by atoms with Crippen molar-refractivity contribution in [2.75, 3.05) is 6.54 Å². The molecule has 0 amide bonds. The Morgan fingerprint density at radius 1 is 1.35 bits per heavy atom. The second kappa shape index (κ2) is 5.22. The summed E-state index contributed by atoms with van der Waals surface area (Å²) in [6, 6.07) is 6.02. The third kappa shape index (κ3) is 2.43. The molecule has 0 saturated heterocycles. The van der Waals surface area contributed by atoms with Crippen LogP contribution in [0.1, 0.15) is 0 Å². The van der Waals surface area contributed by atoms with Gasteiger partial charge in [0.2, 0.25) is 5.82 Å². The second-order valence-corrected chi connectivity index (χ2v) is 4.22. The van der Waals surface area contributed by atoms with Crippen molar-refractivity contribution < 1.29 is 8.91 Å². The van der Waals surface area contributed by atoms with Crippen LogP contribution in [0.5, 0.6) is 0 Å². The van der Waals surface area contributed by atoms with Gasteiger partial charge < -0.3 is 14.8 Å². The smallest absolute Gasteiger partial charge is 0.278 e. The maximum Gasteiger partial charge on any atom is 0.278 e. The number of hydrogen-bond acceptors (Lipinski definition) is 5. The average molecular weight is 273 g/mol. The summed E-state index contributed by atoms with van der Waals surface area (Å²) in [4.78, 5) is 8.38. The molecule has 7 heteroatoms. The van der Waals surface area contributed by atoms with E-state index < -0.39 is 0 Å². The summed E-state index contributed by atoms with van der Waals surface area (Å²) in [7, 11) is 0. The van der Waals surface area contributed by atoms with Crippen LogP contribution < -0.4 is 5.73 Å². The van der Waals surface area contributed by atoms with Crippen LogP contribution in [-0.4, -0.2) is 26.2 Å². The summed E-state index contributed by atoms with van der Waals surface area (Å²) in [5.74, 6) is 0.272. The van der Waals surface area contributed by atoms with Gasteiger partial charge in [-0.15, -0.1) is 0 Å². The summed E-state index contributed by atoms with van der Waals surface area (Å²) in [5, 5.41) is 3.83. The van der Waals surface area contributed by atoms with E-state index in [1.807, 2.05) is 4.57 Å². The molecule has 1 aromatic carbocycles. The van der Waals surface area contributed by atoms with E-state index in [-0.39, 0.29) is 5.82 Å². The maximum absolute atomic E-state index is 13.2. The van der Waals surface area contributed by atoms with E-state index in [1.54, 1.807) is 24.7 Å². The van der Waals surface area contributed by atoms with Gasteiger partial charge in [0.15, 0.2) is 0 Å². The standard InChI is InChI=1S/C13H12FN5O/c14-10-3-1-2-9(6-10)12-17-13(20-18-12)11-7-19(5-4-15)8-16-11/h1-3,6-8H,4-5,15H2. The van der Waals surface area contributed by atoms with Gasteiger partial charge >= 0.3 is 0 Å². The minimum absolute atomic E-state index is 0.292. The van der Waals surface area contributed by atoms with E-state index in [0.717, 1.165) is 0 Å². The Morgan fingerprint density at radius 3 is 3.05 bits per heavy atom. The molecule has 0 aliphatic rings. The molecule has 0 aliphatic carbocycles. The first kappa shape index (κ1) is 12.5. The zero-order valence-corrected chi connectivity index (χ0v) is 10.5. The Balaban J connectivity index is 1.89. The van der Waals surface area contributed by atoms with Crippen LogP contribution in [0.3, 0.4) is 0 Å². The second-order valence-electron chi connectivity index (χ2n) is 4.22. The van der Waals surface area contributed by atoms with Crippen LogP contribution in [-0.2, 0) is 6.54 Å². The fourth-order valence-electron chi connectivity index (χ4n) is 1.81. The first-order valence-corrected chi connectivity index (χ1v) is 6.08. The molecule has 0 saturated carbocycles. The molecule has 3 rings (SSSR count). The van der Waals surface area contributed by atoms with Crippen LogP contribution in [0.4, 0.5) is 4.39 Å². The van der Waals surface area contributed by atoms with Crippen molar-refractivity contribution in [3.63, 3.8) is 0 Å². The lowest BCUT2D eigenvalue weighted by atomic mass is 10.2. The molecule has 2 N–H and O–H groups in total. The zero-order valence-electron chi connectivity index (χ0n) is 10.5. The lowest BCUT2D eigenvalue weighted by Gasteiger charge is -1.94. The van der Waals surface area contributed by atoms with Gasteiger partial charge in [-0.05, 0) is 12.1 Å². The van der Waals surface area contributed by atoms with Gasteiger partial charge in [0.25, 0.3) is 5.89 Å². The van der Waals surface area contributed by atoms with Crippen LogP contribution in [0.15, 0.2) is 41.3 Å². The van der Waals surface area contributed by atoms with E-state index in [9.17, 15) is 4.39 Å². The lowest BCUT2D eigenvalue weighted by Crippen LogP contribution is -2.07. The number of rotatable bonds is 4. The van der Waals surface area contributed by atoms with Crippen molar-refractivity contribution in [2.24, 2.45) is 5.73 Å². The average Bonchev–Trinajstić information content (AvgIpc) is 3.07. The molecule has 0 radical (unpaired) electrons. The predicted molar refractivity (Wildman–Crippen MR) is 70.0 cm³/mol. The normalized spacial score (nSPS) is 10.9. The molecule has 20 heavy (non-hydrogen) atoms. The molecular formula is C13H12FN5O. The first-order valence-electron chi connectivity index (χ1n) is 6.08. The lowest BCUT2D eigenvalue weighted by molar-refractivity contribution is 0.431. The SMILES string of the molecule is NCCn1cnc(-c2nc(-c3cccc(F)c3)no2)c1. The minimum atomic E-state index is -0.346. The van der Waals surface area contributed by atoms with Crippen LogP contribution in [0.25, 0.3) is 23.0 Å². The number of benzene rings is 1. The van der Waals surface area contributed by atoms with Gasteiger partial charge in [0.05, 0.1) is 6.33 Å². The predicted octanol–water partition coefficient (Wildman–Crippen LogP) is 1.70. The number of imidazole rings is 1. The van der Waals surface area contributed by atoms with Gasteiger partial charge in [0, 0.05) is 24.8 Å². The van der Waals surface area contributed by atoms with Crippen molar-refractivity contribution in [3.8, 4) is 23.0 Å². The molecule has 2 heterocycles. The molecule has 3 aromatic rings. The number of hydrogen-bond donors (Lipinski definition) is 1. The minimum Gasteiger partial charge on any atom is -0.335 e. The maximum atomic E-state index is 13.2. The Bertz CT molecular complexity index is 721. The summed E-state index contributed by atoms with van der Waals surface area (Å²) in [5.41, 5.74) is 6.59. The van der Waals surface area contributed by atoms with E-state index in [4.69, 9.17) is 10.3 Å². The number of aromatic nitrogens is 4. The monoisotopic (exact) mass is 273 g/mol. The van der Waals surface area contributed by atoms with Crippen LogP contribution in [0, 0.1) is 5.82 Å². The Kier molecular flexibility index (Phi) is 3.26. The van der Waals surface area contributed by atoms with E-state index >= 15 is 0 Å². The van der Waals surface area contributed by atoms with Crippen LogP contribution in [0.2, 0.25) is 0 Å². The molecule has 0 unspecified atom stereocenters. The van der Waals surface area contributed by atoms with Gasteiger partial charge in [-0.2, -0.15) is 4.98 Å². The fraction of sp³-hybridized carbons (Fsp3) is 0.154. The highest BCUT2D eigenvalue weighted by molar-refractivity contribution is 5.57. The molecule has 0 aliphatic heterocycles. The third-order valence-corrected chi connectivity index (χ3v) is 2.75. The van der Waals surface area contributed by atoms with Crippen LogP contribution >= 0.6 is 0 Å². The third-order valence-electron chi connectivity index (χ3n) is 2.75. The Labute approximate surface area is 114 Å². The van der Waals surface area contributed by atoms with E-state index in [1.165, 1.54) is 12.1 Å². The Hall–Kier alpha value is -2.54. The summed E-state index contributed by atoms with van der Waals surface area (Å²) in [6.45, 7) is 1.19. The molecule has 0 fully saturated rings. The summed E-state index contributed by atoms with van der Waals surface area (Å²) in [6.07, 6.45) is 3.42. The van der Waals surface area contributed by atoms with Gasteiger partial charge in [0.1, 0.15) is 11.5 Å². The number of nitrogens with two attached hydrogens (primary N) is 1. The highest BCUT2D eigenvalue weighted by Crippen LogP contribution is 2.21. The van der Waals surface area contributed by atoms with Gasteiger partial charge in [-0.25, -0.2) is 9.37 Å². The molecule has 0 spiro atoms. The summed E-state index contributed by atoms with van der Waals surface area (Å²) >= 11 is 0. The topological polar surface area (TPSA) is 82.8 Å². The molecule has 0 bridgehead atoms. The molecule has 6 nitrogen and oxygen atoms in total. The highest BCUT2D eigenvalue weighted by Gasteiger charge is 2.13. The molecule has 2 aromatic heterocycles. The van der Waals surface area contributed by atoms with Crippen molar-refractivity contribution >= 4 is 0 Å². The van der Waals surface area contributed by atoms with E-state index in [0.29, 0.717) is 36.1 Å². The molecular weight excluding hydrogens is 261 g/mol. The van der Waals surface area contributed by atoms with Crippen molar-refractivity contribution in [3.05, 3.63) is 42.6 Å². The van der Waals surface area contributed by atoms with Gasteiger partial charge in [-0.1, -0.05) is 17.3 Å². The quantitative estimate of drug-likeness (QED) is 0.782. The zero-order chi connectivity index (χ0) is 13.9. The summed E-state index contributed by atoms with van der Waals surface area (Å²) < 4.78 is 20.1. The largest absolute Gasteiger partial charge is 0.335 e. The molecule has 0 atom stereocenters. The molecule has 102 valence electrons. The number of halogens is 1. The first-order chi connectivity index (χ1) is 9.76. The van der Waals surface area contributed by atoms with Crippen molar-refractivity contribution in [1.29, 1.82) is 0 Å². The fourth-order valence-corrected chi connectivity index (χ4v) is 1.81. The Morgan fingerprint density at radius 2 is 2.25 bits per heavy atom. The highest BCUT2D eigenvalue weighted by atomic mass is 19.1. The van der Waals surface area contributed by atoms with Gasteiger partial charge in [-0.3, -0.25) is 0 Å². The van der Waals surface area contributed by atoms with E-state index in [2.05, 4.69) is 15.1 Å².